The Morgan fingerprint density at radius 3 is 2.45 bits per heavy atom. The minimum atomic E-state index is -4.76. The number of alkyl halides is 3. The minimum Gasteiger partial charge on any atom is -0.497 e. The standard InChI is InChI=1S/C22H23F3N4O2/c1-28-7-9-29(10-8-28)16-11-15(12-18(13-16)30-2)27-21-5-6-26-20-4-3-17(14-19(20)21)31-22(23,24)25/h3-6,11-14H,7-10H2,1-2H3,(H,26,27). The number of hydrogen-bond donors (Lipinski definition) is 1. The van der Waals surface area contributed by atoms with E-state index in [1.807, 2.05) is 18.2 Å². The molecule has 2 heterocycles. The number of benzene rings is 2. The molecule has 9 heteroatoms. The molecule has 1 N–H and O–H groups in total. The van der Waals surface area contributed by atoms with Gasteiger partial charge in [0.05, 0.1) is 12.6 Å². The molecule has 0 bridgehead atoms. The third-order valence-corrected chi connectivity index (χ3v) is 5.22. The monoisotopic (exact) mass is 432 g/mol. The number of hydrogen-bond acceptors (Lipinski definition) is 6. The highest BCUT2D eigenvalue weighted by molar-refractivity contribution is 5.94. The first kappa shape index (κ1) is 21.0. The van der Waals surface area contributed by atoms with E-state index in [-0.39, 0.29) is 5.75 Å². The molecule has 0 aliphatic carbocycles. The first-order chi connectivity index (χ1) is 14.8. The highest BCUT2D eigenvalue weighted by Crippen LogP contribution is 2.34. The minimum absolute atomic E-state index is 0.292. The summed E-state index contributed by atoms with van der Waals surface area (Å²) >= 11 is 0. The second-order valence-corrected chi connectivity index (χ2v) is 7.42. The number of nitrogens with zero attached hydrogens (tertiary/aromatic N) is 3. The van der Waals surface area contributed by atoms with Gasteiger partial charge in [-0.15, -0.1) is 13.2 Å². The summed E-state index contributed by atoms with van der Waals surface area (Å²) in [5.41, 5.74) is 2.97. The van der Waals surface area contributed by atoms with Crippen molar-refractivity contribution in [2.24, 2.45) is 0 Å². The van der Waals surface area contributed by atoms with E-state index in [1.165, 1.54) is 18.2 Å². The molecule has 3 aromatic rings. The third-order valence-electron chi connectivity index (χ3n) is 5.22. The number of methoxy groups -OCH3 is 1. The summed E-state index contributed by atoms with van der Waals surface area (Å²) in [6, 6.07) is 11.6. The number of halogens is 3. The molecular weight excluding hydrogens is 409 g/mol. The number of rotatable bonds is 5. The maximum Gasteiger partial charge on any atom is 0.573 e. The lowest BCUT2D eigenvalue weighted by molar-refractivity contribution is -0.274. The molecule has 0 radical (unpaired) electrons. The van der Waals surface area contributed by atoms with E-state index in [2.05, 4.69) is 31.9 Å². The molecular formula is C22H23F3N4O2. The Kier molecular flexibility index (Phi) is 5.77. The number of ether oxygens (including phenoxy) is 2. The fourth-order valence-corrected chi connectivity index (χ4v) is 3.61. The van der Waals surface area contributed by atoms with Crippen molar-refractivity contribution in [1.82, 2.24) is 9.88 Å². The van der Waals surface area contributed by atoms with Crippen molar-refractivity contribution in [1.29, 1.82) is 0 Å². The highest BCUT2D eigenvalue weighted by atomic mass is 19.4. The van der Waals surface area contributed by atoms with Crippen molar-refractivity contribution in [2.45, 2.75) is 6.36 Å². The molecule has 31 heavy (non-hydrogen) atoms. The van der Waals surface area contributed by atoms with Crippen molar-refractivity contribution in [2.75, 3.05) is 50.6 Å². The lowest BCUT2D eigenvalue weighted by Crippen LogP contribution is -2.44. The molecule has 0 unspecified atom stereocenters. The van der Waals surface area contributed by atoms with E-state index in [0.717, 1.165) is 37.6 Å². The molecule has 1 aliphatic rings. The number of pyridine rings is 1. The Morgan fingerprint density at radius 2 is 1.74 bits per heavy atom. The van der Waals surface area contributed by atoms with Gasteiger partial charge in [0.15, 0.2) is 0 Å². The van der Waals surface area contributed by atoms with Gasteiger partial charge < -0.3 is 24.6 Å². The number of anilines is 3. The van der Waals surface area contributed by atoms with Crippen LogP contribution in [0.25, 0.3) is 10.9 Å². The van der Waals surface area contributed by atoms with E-state index >= 15 is 0 Å². The average molecular weight is 432 g/mol. The molecule has 0 spiro atoms. The van der Waals surface area contributed by atoms with Crippen LogP contribution in [0.5, 0.6) is 11.5 Å². The van der Waals surface area contributed by atoms with Crippen LogP contribution in [0, 0.1) is 0 Å². The molecule has 1 fully saturated rings. The lowest BCUT2D eigenvalue weighted by Gasteiger charge is -2.34. The van der Waals surface area contributed by atoms with Gasteiger partial charge in [0.2, 0.25) is 0 Å². The van der Waals surface area contributed by atoms with Gasteiger partial charge in [-0.25, -0.2) is 0 Å². The van der Waals surface area contributed by atoms with Crippen LogP contribution >= 0.6 is 0 Å². The van der Waals surface area contributed by atoms with Crippen LogP contribution < -0.4 is 19.7 Å². The van der Waals surface area contributed by atoms with E-state index < -0.39 is 6.36 Å². The molecule has 1 aliphatic heterocycles. The molecule has 4 rings (SSSR count). The van der Waals surface area contributed by atoms with Crippen molar-refractivity contribution < 1.29 is 22.6 Å². The smallest absolute Gasteiger partial charge is 0.497 e. The number of piperazine rings is 1. The second kappa shape index (κ2) is 8.50. The van der Waals surface area contributed by atoms with Gasteiger partial charge in [-0.05, 0) is 37.4 Å². The summed E-state index contributed by atoms with van der Waals surface area (Å²) in [6.07, 6.45) is -3.15. The molecule has 1 aromatic heterocycles. The largest absolute Gasteiger partial charge is 0.573 e. The zero-order valence-electron chi connectivity index (χ0n) is 17.2. The van der Waals surface area contributed by atoms with Crippen LogP contribution in [0.15, 0.2) is 48.7 Å². The normalized spacial score (nSPS) is 15.2. The summed E-state index contributed by atoms with van der Waals surface area (Å²) in [5, 5.41) is 3.83. The first-order valence-electron chi connectivity index (χ1n) is 9.85. The third kappa shape index (κ3) is 5.11. The maximum atomic E-state index is 12.6. The Balaban J connectivity index is 1.66. The summed E-state index contributed by atoms with van der Waals surface area (Å²) < 4.78 is 47.5. The number of aromatic nitrogens is 1. The van der Waals surface area contributed by atoms with Gasteiger partial charge in [-0.2, -0.15) is 0 Å². The van der Waals surface area contributed by atoms with E-state index in [1.54, 1.807) is 19.4 Å². The molecule has 6 nitrogen and oxygen atoms in total. The molecule has 2 aromatic carbocycles. The summed E-state index contributed by atoms with van der Waals surface area (Å²) in [4.78, 5) is 8.80. The van der Waals surface area contributed by atoms with Crippen molar-refractivity contribution in [3.8, 4) is 11.5 Å². The van der Waals surface area contributed by atoms with E-state index in [9.17, 15) is 13.2 Å². The van der Waals surface area contributed by atoms with Crippen LogP contribution in [0.1, 0.15) is 0 Å². The summed E-state index contributed by atoms with van der Waals surface area (Å²) in [7, 11) is 3.71. The molecule has 0 amide bonds. The molecule has 1 saturated heterocycles. The second-order valence-electron chi connectivity index (χ2n) is 7.42. The van der Waals surface area contributed by atoms with Gasteiger partial charge in [0.25, 0.3) is 0 Å². The van der Waals surface area contributed by atoms with Gasteiger partial charge >= 0.3 is 6.36 Å². The van der Waals surface area contributed by atoms with Gasteiger partial charge in [0.1, 0.15) is 11.5 Å². The first-order valence-corrected chi connectivity index (χ1v) is 9.85. The zero-order chi connectivity index (χ0) is 22.0. The van der Waals surface area contributed by atoms with Gasteiger partial charge in [-0.3, -0.25) is 4.98 Å². The Hall–Kier alpha value is -3.20. The average Bonchev–Trinajstić information content (AvgIpc) is 2.73. The molecule has 0 saturated carbocycles. The predicted molar refractivity (Wildman–Crippen MR) is 114 cm³/mol. The number of nitrogens with one attached hydrogen (secondary N) is 1. The Morgan fingerprint density at radius 1 is 0.968 bits per heavy atom. The van der Waals surface area contributed by atoms with Crippen LogP contribution in [0.4, 0.5) is 30.2 Å². The quantitative estimate of drug-likeness (QED) is 0.634. The van der Waals surface area contributed by atoms with Crippen molar-refractivity contribution in [3.05, 3.63) is 48.7 Å². The van der Waals surface area contributed by atoms with Crippen LogP contribution in [0.2, 0.25) is 0 Å². The summed E-state index contributed by atoms with van der Waals surface area (Å²) in [5.74, 6) is 0.401. The lowest BCUT2D eigenvalue weighted by atomic mass is 10.1. The van der Waals surface area contributed by atoms with Gasteiger partial charge in [-0.1, -0.05) is 0 Å². The Labute approximate surface area is 178 Å². The predicted octanol–water partition coefficient (Wildman–Crippen LogP) is 4.64. The van der Waals surface area contributed by atoms with E-state index in [0.29, 0.717) is 22.3 Å². The van der Waals surface area contributed by atoms with Gasteiger partial charge in [0, 0.05) is 67.0 Å². The van der Waals surface area contributed by atoms with Crippen LogP contribution in [0.3, 0.4) is 0 Å². The molecule has 0 atom stereocenters. The highest BCUT2D eigenvalue weighted by Gasteiger charge is 2.31. The zero-order valence-corrected chi connectivity index (χ0v) is 17.2. The van der Waals surface area contributed by atoms with Crippen LogP contribution in [-0.4, -0.2) is 56.6 Å². The fourth-order valence-electron chi connectivity index (χ4n) is 3.61. The van der Waals surface area contributed by atoms with Crippen molar-refractivity contribution >= 4 is 28.0 Å². The maximum absolute atomic E-state index is 12.6. The topological polar surface area (TPSA) is 49.9 Å². The number of fused-ring (bicyclic) bond motifs is 1. The van der Waals surface area contributed by atoms with Crippen molar-refractivity contribution in [3.63, 3.8) is 0 Å². The number of likely N-dealkylation sites (N-methyl/N-ethyl adjacent to an activating group) is 1. The fraction of sp³-hybridized carbons (Fsp3) is 0.318. The molecule has 164 valence electrons. The van der Waals surface area contributed by atoms with Crippen LogP contribution in [-0.2, 0) is 0 Å². The van der Waals surface area contributed by atoms with E-state index in [4.69, 9.17) is 4.74 Å². The SMILES string of the molecule is COc1cc(Nc2ccnc3ccc(OC(F)(F)F)cc23)cc(N2CCN(C)CC2)c1. The summed E-state index contributed by atoms with van der Waals surface area (Å²) in [6.45, 7) is 3.74. The Bertz CT molecular complexity index is 1070.